The Hall–Kier alpha value is -1.81. The van der Waals surface area contributed by atoms with Crippen LogP contribution in [-0.4, -0.2) is 23.9 Å². The number of carbonyl (C=O) groups excluding carboxylic acids is 1. The van der Waals surface area contributed by atoms with Gasteiger partial charge in [-0.25, -0.2) is 0 Å². The Morgan fingerprint density at radius 2 is 1.73 bits per heavy atom. The van der Waals surface area contributed by atoms with Crippen LogP contribution in [0.25, 0.3) is 6.08 Å². The number of nitrogens with one attached hydrogen (secondary N) is 1. The first-order valence-electron chi connectivity index (χ1n) is 8.85. The topological polar surface area (TPSA) is 32.3 Å². The summed E-state index contributed by atoms with van der Waals surface area (Å²) in [4.78, 5) is 14.6. The summed E-state index contributed by atoms with van der Waals surface area (Å²) in [5.74, 6) is -0.181. The molecule has 1 aliphatic heterocycles. The minimum absolute atomic E-state index is 0.181. The summed E-state index contributed by atoms with van der Waals surface area (Å²) < 4.78 is 0. The van der Waals surface area contributed by atoms with Gasteiger partial charge >= 0.3 is 0 Å². The zero-order valence-electron chi connectivity index (χ0n) is 14.6. The highest BCUT2D eigenvalue weighted by atomic mass is 35.5. The Labute approximate surface area is 164 Å². The lowest BCUT2D eigenvalue weighted by Gasteiger charge is -2.26. The predicted molar refractivity (Wildman–Crippen MR) is 110 cm³/mol. The molecule has 0 unspecified atom stereocenters. The number of carbonyl (C=O) groups is 1. The van der Waals surface area contributed by atoms with Gasteiger partial charge in [0.05, 0.1) is 10.0 Å². The Kier molecular flexibility index (Phi) is 6.73. The van der Waals surface area contributed by atoms with Crippen molar-refractivity contribution in [2.75, 3.05) is 18.4 Å². The van der Waals surface area contributed by atoms with Crippen LogP contribution < -0.4 is 5.32 Å². The maximum absolute atomic E-state index is 12.1. The Balaban J connectivity index is 1.53. The zero-order chi connectivity index (χ0) is 18.4. The van der Waals surface area contributed by atoms with E-state index in [0.29, 0.717) is 10.0 Å². The Morgan fingerprint density at radius 3 is 2.42 bits per heavy atom. The molecule has 0 aliphatic carbocycles. The van der Waals surface area contributed by atoms with Crippen molar-refractivity contribution in [1.29, 1.82) is 0 Å². The second kappa shape index (κ2) is 9.22. The number of amides is 1. The number of hydrogen-bond acceptors (Lipinski definition) is 2. The van der Waals surface area contributed by atoms with Gasteiger partial charge in [-0.3, -0.25) is 9.69 Å². The summed E-state index contributed by atoms with van der Waals surface area (Å²) >= 11 is 11.9. The summed E-state index contributed by atoms with van der Waals surface area (Å²) in [6.45, 7) is 3.33. The monoisotopic (exact) mass is 388 g/mol. The molecule has 1 fully saturated rings. The normalized spacial score (nSPS) is 15.3. The fraction of sp³-hybridized carbons (Fsp3) is 0.286. The van der Waals surface area contributed by atoms with E-state index in [9.17, 15) is 4.79 Å². The molecule has 2 aromatic carbocycles. The van der Waals surface area contributed by atoms with Gasteiger partial charge in [0.2, 0.25) is 5.91 Å². The van der Waals surface area contributed by atoms with Crippen LogP contribution in [0.2, 0.25) is 10.0 Å². The first kappa shape index (κ1) is 19.0. The fourth-order valence-corrected chi connectivity index (χ4v) is 3.35. The van der Waals surface area contributed by atoms with Crippen LogP contribution in [0.5, 0.6) is 0 Å². The summed E-state index contributed by atoms with van der Waals surface area (Å²) in [7, 11) is 0. The van der Waals surface area contributed by atoms with E-state index in [4.69, 9.17) is 23.2 Å². The number of anilines is 1. The molecule has 0 saturated carbocycles. The van der Waals surface area contributed by atoms with Gasteiger partial charge in [0, 0.05) is 18.3 Å². The lowest BCUT2D eigenvalue weighted by atomic mass is 10.1. The summed E-state index contributed by atoms with van der Waals surface area (Å²) in [5.41, 5.74) is 2.89. The summed E-state index contributed by atoms with van der Waals surface area (Å²) in [5, 5.41) is 3.84. The maximum Gasteiger partial charge on any atom is 0.248 e. The second-order valence-corrected chi connectivity index (χ2v) is 7.34. The molecule has 1 amide bonds. The van der Waals surface area contributed by atoms with Crippen LogP contribution in [-0.2, 0) is 11.3 Å². The quantitative estimate of drug-likeness (QED) is 0.672. The van der Waals surface area contributed by atoms with Gasteiger partial charge in [-0.1, -0.05) is 47.8 Å². The van der Waals surface area contributed by atoms with Crippen LogP contribution >= 0.6 is 23.2 Å². The molecular formula is C21H22Cl2N2O. The van der Waals surface area contributed by atoms with Crippen molar-refractivity contribution in [3.63, 3.8) is 0 Å². The smallest absolute Gasteiger partial charge is 0.248 e. The van der Waals surface area contributed by atoms with Gasteiger partial charge in [0.1, 0.15) is 0 Å². The second-order valence-electron chi connectivity index (χ2n) is 6.53. The highest BCUT2D eigenvalue weighted by Crippen LogP contribution is 2.23. The number of likely N-dealkylation sites (tertiary alicyclic amines) is 1. The third kappa shape index (κ3) is 5.60. The molecule has 0 atom stereocenters. The predicted octanol–water partition coefficient (Wildman–Crippen LogP) is 5.63. The molecule has 3 nitrogen and oxygen atoms in total. The third-order valence-corrected chi connectivity index (χ3v) is 5.19. The average molecular weight is 389 g/mol. The molecule has 3 rings (SSSR count). The van der Waals surface area contributed by atoms with Crippen LogP contribution in [0.4, 0.5) is 5.69 Å². The lowest BCUT2D eigenvalue weighted by molar-refractivity contribution is -0.111. The van der Waals surface area contributed by atoms with Gasteiger partial charge in [-0.15, -0.1) is 0 Å². The minimum Gasteiger partial charge on any atom is -0.323 e. The first-order valence-corrected chi connectivity index (χ1v) is 9.61. The summed E-state index contributed by atoms with van der Waals surface area (Å²) in [6, 6.07) is 13.3. The van der Waals surface area contributed by atoms with Crippen LogP contribution in [0.3, 0.4) is 0 Å². The highest BCUT2D eigenvalue weighted by Gasteiger charge is 2.10. The van der Waals surface area contributed by atoms with Crippen molar-refractivity contribution >= 4 is 40.9 Å². The maximum atomic E-state index is 12.1. The van der Waals surface area contributed by atoms with Gasteiger partial charge in [-0.2, -0.15) is 0 Å². The van der Waals surface area contributed by atoms with Crippen molar-refractivity contribution < 1.29 is 4.79 Å². The standard InChI is InChI=1S/C21H22Cl2N2O/c22-19-10-6-16(14-20(19)23)7-11-21(26)24-18-8-4-17(5-9-18)15-25-12-2-1-3-13-25/h4-11,14H,1-3,12-13,15H2,(H,24,26). The molecule has 1 saturated heterocycles. The number of halogens is 2. The minimum atomic E-state index is -0.181. The summed E-state index contributed by atoms with van der Waals surface area (Å²) in [6.07, 6.45) is 7.12. The fourth-order valence-electron chi connectivity index (χ4n) is 3.04. The third-order valence-electron chi connectivity index (χ3n) is 4.45. The number of piperidine rings is 1. The highest BCUT2D eigenvalue weighted by molar-refractivity contribution is 6.42. The molecule has 26 heavy (non-hydrogen) atoms. The van der Waals surface area contributed by atoms with E-state index in [0.717, 1.165) is 17.8 Å². The molecule has 1 N–H and O–H groups in total. The van der Waals surface area contributed by atoms with Crippen molar-refractivity contribution in [3.05, 3.63) is 69.7 Å². The molecule has 0 bridgehead atoms. The molecule has 136 valence electrons. The van der Waals surface area contributed by atoms with E-state index < -0.39 is 0 Å². The molecule has 2 aromatic rings. The van der Waals surface area contributed by atoms with E-state index in [1.54, 1.807) is 18.2 Å². The van der Waals surface area contributed by atoms with Gasteiger partial charge < -0.3 is 5.32 Å². The first-order chi connectivity index (χ1) is 12.6. The van der Waals surface area contributed by atoms with E-state index in [-0.39, 0.29) is 5.91 Å². The number of nitrogens with zero attached hydrogens (tertiary/aromatic N) is 1. The van der Waals surface area contributed by atoms with Crippen molar-refractivity contribution in [3.8, 4) is 0 Å². The molecule has 0 aromatic heterocycles. The SMILES string of the molecule is O=C(C=Cc1ccc(Cl)c(Cl)c1)Nc1ccc(CN2CCCCC2)cc1. The Morgan fingerprint density at radius 1 is 1.00 bits per heavy atom. The van der Waals surface area contributed by atoms with Crippen LogP contribution in [0.1, 0.15) is 30.4 Å². The van der Waals surface area contributed by atoms with Gasteiger partial charge in [0.25, 0.3) is 0 Å². The number of rotatable bonds is 5. The van der Waals surface area contributed by atoms with E-state index in [1.807, 2.05) is 18.2 Å². The largest absolute Gasteiger partial charge is 0.323 e. The molecular weight excluding hydrogens is 367 g/mol. The van der Waals surface area contributed by atoms with Gasteiger partial charge in [0.15, 0.2) is 0 Å². The number of hydrogen-bond donors (Lipinski definition) is 1. The molecule has 5 heteroatoms. The van der Waals surface area contributed by atoms with Gasteiger partial charge in [-0.05, 0) is 67.4 Å². The van der Waals surface area contributed by atoms with E-state index in [2.05, 4.69) is 22.3 Å². The average Bonchev–Trinajstić information content (AvgIpc) is 2.65. The van der Waals surface area contributed by atoms with Crippen molar-refractivity contribution in [2.24, 2.45) is 0 Å². The van der Waals surface area contributed by atoms with Crippen LogP contribution in [0.15, 0.2) is 48.5 Å². The molecule has 1 heterocycles. The molecule has 0 radical (unpaired) electrons. The van der Waals surface area contributed by atoms with Crippen molar-refractivity contribution in [1.82, 2.24) is 4.90 Å². The lowest BCUT2D eigenvalue weighted by Crippen LogP contribution is -2.29. The molecule has 1 aliphatic rings. The Bertz CT molecular complexity index is 781. The zero-order valence-corrected chi connectivity index (χ0v) is 16.1. The van der Waals surface area contributed by atoms with Crippen LogP contribution in [0, 0.1) is 0 Å². The van der Waals surface area contributed by atoms with E-state index >= 15 is 0 Å². The number of benzene rings is 2. The van der Waals surface area contributed by atoms with Crippen molar-refractivity contribution in [2.45, 2.75) is 25.8 Å². The van der Waals surface area contributed by atoms with E-state index in [1.165, 1.54) is 44.0 Å². The molecule has 0 spiro atoms.